The second kappa shape index (κ2) is 8.34. The summed E-state index contributed by atoms with van der Waals surface area (Å²) in [6.45, 7) is 1.49. The molecular weight excluding hydrogens is 412 g/mol. The lowest BCUT2D eigenvalue weighted by Gasteiger charge is -2.39. The second-order valence-electron chi connectivity index (χ2n) is 9.00. The summed E-state index contributed by atoms with van der Waals surface area (Å²) in [5, 5.41) is 12.5. The number of hydrogen-bond acceptors (Lipinski definition) is 6. The molecule has 0 unspecified atom stereocenters. The molecular formula is C23H28N4O5. The predicted octanol–water partition coefficient (Wildman–Crippen LogP) is 2.34. The first kappa shape index (κ1) is 21.9. The maximum atomic E-state index is 13.1. The molecule has 9 nitrogen and oxygen atoms in total. The highest BCUT2D eigenvalue weighted by atomic mass is 16.7. The Hall–Kier alpha value is -3.28. The average molecular weight is 441 g/mol. The Labute approximate surface area is 187 Å². The van der Waals surface area contributed by atoms with E-state index in [1.807, 2.05) is 18.2 Å². The number of amides is 4. The van der Waals surface area contributed by atoms with Gasteiger partial charge in [-0.05, 0) is 50.3 Å². The molecule has 32 heavy (non-hydrogen) atoms. The monoisotopic (exact) mass is 440 g/mol. The van der Waals surface area contributed by atoms with Gasteiger partial charge < -0.3 is 19.7 Å². The van der Waals surface area contributed by atoms with Crippen LogP contribution in [0.5, 0.6) is 11.5 Å². The topological polar surface area (TPSA) is 112 Å². The molecule has 1 saturated carbocycles. The molecule has 3 aliphatic rings. The molecule has 4 amide bonds. The van der Waals surface area contributed by atoms with Crippen molar-refractivity contribution >= 4 is 17.8 Å². The number of likely N-dealkylation sites (N-methyl/N-ethyl adjacent to an activating group) is 1. The van der Waals surface area contributed by atoms with Crippen molar-refractivity contribution in [2.45, 2.75) is 62.9 Å². The summed E-state index contributed by atoms with van der Waals surface area (Å²) in [6, 6.07) is 7.31. The van der Waals surface area contributed by atoms with Crippen LogP contribution < -0.4 is 14.8 Å². The van der Waals surface area contributed by atoms with Crippen LogP contribution in [0.1, 0.15) is 51.0 Å². The molecule has 0 bridgehead atoms. The normalized spacial score (nSPS) is 23.6. The molecule has 0 aromatic heterocycles. The molecule has 1 aliphatic carbocycles. The number of imide groups is 1. The second-order valence-corrected chi connectivity index (χ2v) is 9.00. The van der Waals surface area contributed by atoms with Gasteiger partial charge in [0, 0.05) is 7.05 Å². The number of fused-ring (bicyclic) bond motifs is 1. The third-order valence-corrected chi connectivity index (χ3v) is 6.89. The van der Waals surface area contributed by atoms with Crippen molar-refractivity contribution in [2.75, 3.05) is 20.4 Å². The molecule has 2 heterocycles. The Bertz CT molecular complexity index is 981. The highest BCUT2D eigenvalue weighted by molar-refractivity contribution is 6.08. The minimum absolute atomic E-state index is 0.190. The van der Waals surface area contributed by atoms with E-state index in [-0.39, 0.29) is 13.3 Å². The van der Waals surface area contributed by atoms with E-state index in [0.717, 1.165) is 29.7 Å². The van der Waals surface area contributed by atoms with Crippen molar-refractivity contribution in [2.24, 2.45) is 0 Å². The number of nitriles is 1. The van der Waals surface area contributed by atoms with Crippen molar-refractivity contribution < 1.29 is 23.9 Å². The van der Waals surface area contributed by atoms with Gasteiger partial charge in [0.15, 0.2) is 11.5 Å². The van der Waals surface area contributed by atoms with Crippen LogP contribution in [0.25, 0.3) is 0 Å². The van der Waals surface area contributed by atoms with Crippen molar-refractivity contribution in [1.82, 2.24) is 15.1 Å². The Kier molecular flexibility index (Phi) is 5.71. The van der Waals surface area contributed by atoms with Crippen LogP contribution in [-0.2, 0) is 16.0 Å². The van der Waals surface area contributed by atoms with Gasteiger partial charge >= 0.3 is 6.03 Å². The average Bonchev–Trinajstić information content (AvgIpc) is 3.35. The van der Waals surface area contributed by atoms with E-state index >= 15 is 0 Å². The molecule has 170 valence electrons. The Morgan fingerprint density at radius 1 is 1.22 bits per heavy atom. The molecule has 9 heteroatoms. The molecule has 1 saturated heterocycles. The van der Waals surface area contributed by atoms with Crippen LogP contribution in [0.2, 0.25) is 0 Å². The molecule has 2 fully saturated rings. The molecule has 1 aromatic rings. The van der Waals surface area contributed by atoms with Gasteiger partial charge in [0.2, 0.25) is 12.7 Å². The first-order valence-electron chi connectivity index (χ1n) is 11.0. The van der Waals surface area contributed by atoms with Gasteiger partial charge in [-0.3, -0.25) is 14.5 Å². The maximum absolute atomic E-state index is 13.1. The minimum atomic E-state index is -1.11. The molecule has 2 aliphatic heterocycles. The maximum Gasteiger partial charge on any atom is 0.325 e. The van der Waals surface area contributed by atoms with Crippen LogP contribution in [0, 0.1) is 11.3 Å². The fraction of sp³-hybridized carbons (Fsp3) is 0.565. The number of ether oxygens (including phenoxy) is 2. The number of benzene rings is 1. The van der Waals surface area contributed by atoms with Gasteiger partial charge in [-0.1, -0.05) is 25.3 Å². The highest BCUT2D eigenvalue weighted by Crippen LogP contribution is 2.34. The highest BCUT2D eigenvalue weighted by Gasteiger charge is 2.49. The lowest BCUT2D eigenvalue weighted by Crippen LogP contribution is -2.53. The van der Waals surface area contributed by atoms with Gasteiger partial charge in [-0.15, -0.1) is 0 Å². The Balaban J connectivity index is 1.40. The number of hydrogen-bond donors (Lipinski definition) is 1. The molecule has 0 radical (unpaired) electrons. The van der Waals surface area contributed by atoms with E-state index in [9.17, 15) is 19.6 Å². The SMILES string of the molecule is CN(C(=O)CN1C(=O)N[C@](C)(CCc2ccc3c(c2)OCO3)C1=O)C1(C#N)CCCCC1. The first-order chi connectivity index (χ1) is 15.3. The quantitative estimate of drug-likeness (QED) is 0.680. The van der Waals surface area contributed by atoms with E-state index < -0.39 is 28.9 Å². The summed E-state index contributed by atoms with van der Waals surface area (Å²) < 4.78 is 10.7. The number of nitrogens with zero attached hydrogens (tertiary/aromatic N) is 3. The smallest absolute Gasteiger partial charge is 0.325 e. The molecule has 0 spiro atoms. The van der Waals surface area contributed by atoms with Gasteiger partial charge in [-0.2, -0.15) is 5.26 Å². The lowest BCUT2D eigenvalue weighted by molar-refractivity contribution is -0.141. The van der Waals surface area contributed by atoms with Crippen molar-refractivity contribution in [3.63, 3.8) is 0 Å². The molecule has 1 N–H and O–H groups in total. The van der Waals surface area contributed by atoms with Crippen LogP contribution in [-0.4, -0.2) is 59.1 Å². The Morgan fingerprint density at radius 3 is 2.66 bits per heavy atom. The third kappa shape index (κ3) is 3.85. The summed E-state index contributed by atoms with van der Waals surface area (Å²) in [5.74, 6) is 0.516. The number of carbonyl (C=O) groups is 3. The molecule has 1 aromatic carbocycles. The number of carbonyl (C=O) groups excluding carboxylic acids is 3. The first-order valence-corrected chi connectivity index (χ1v) is 11.0. The van der Waals surface area contributed by atoms with Gasteiger partial charge in [0.05, 0.1) is 6.07 Å². The van der Waals surface area contributed by atoms with Crippen molar-refractivity contribution in [3.8, 4) is 17.6 Å². The van der Waals surface area contributed by atoms with Gasteiger partial charge in [-0.25, -0.2) is 4.79 Å². The number of rotatable bonds is 6. The van der Waals surface area contributed by atoms with Crippen LogP contribution >= 0.6 is 0 Å². The Morgan fingerprint density at radius 2 is 1.94 bits per heavy atom. The molecule has 4 rings (SSSR count). The van der Waals surface area contributed by atoms with E-state index in [1.54, 1.807) is 14.0 Å². The molecule has 1 atom stereocenters. The van der Waals surface area contributed by atoms with E-state index in [1.165, 1.54) is 4.90 Å². The van der Waals surface area contributed by atoms with Gasteiger partial charge in [0.25, 0.3) is 5.91 Å². The van der Waals surface area contributed by atoms with Crippen LogP contribution in [0.15, 0.2) is 18.2 Å². The van der Waals surface area contributed by atoms with E-state index in [2.05, 4.69) is 11.4 Å². The van der Waals surface area contributed by atoms with E-state index in [0.29, 0.717) is 37.2 Å². The standard InChI is InChI=1S/C23H28N4O5/c1-22(11-8-16-6-7-17-18(12-16)32-15-31-17)20(29)27(21(30)25-22)13-19(28)26(2)23(14-24)9-4-3-5-10-23/h6-7,12H,3-5,8-11,13,15H2,1-2H3,(H,25,30)/t22-/m1/s1. The van der Waals surface area contributed by atoms with Crippen LogP contribution in [0.3, 0.4) is 0 Å². The van der Waals surface area contributed by atoms with Crippen molar-refractivity contribution in [3.05, 3.63) is 23.8 Å². The predicted molar refractivity (Wildman–Crippen MR) is 114 cm³/mol. The summed E-state index contributed by atoms with van der Waals surface area (Å²) in [6.07, 6.45) is 4.94. The van der Waals surface area contributed by atoms with Crippen LogP contribution in [0.4, 0.5) is 4.79 Å². The third-order valence-electron chi connectivity index (χ3n) is 6.89. The fourth-order valence-electron chi connectivity index (χ4n) is 4.69. The zero-order valence-electron chi connectivity index (χ0n) is 18.5. The van der Waals surface area contributed by atoms with Crippen molar-refractivity contribution in [1.29, 1.82) is 5.26 Å². The summed E-state index contributed by atoms with van der Waals surface area (Å²) in [7, 11) is 1.59. The number of urea groups is 1. The lowest BCUT2D eigenvalue weighted by atomic mass is 9.81. The summed E-state index contributed by atoms with van der Waals surface area (Å²) in [4.78, 5) is 41.0. The number of nitrogens with one attached hydrogen (secondary N) is 1. The zero-order chi connectivity index (χ0) is 22.9. The van der Waals surface area contributed by atoms with Gasteiger partial charge in [0.1, 0.15) is 17.6 Å². The summed E-state index contributed by atoms with van der Waals surface area (Å²) in [5.41, 5.74) is -1.01. The minimum Gasteiger partial charge on any atom is -0.454 e. The van der Waals surface area contributed by atoms with E-state index in [4.69, 9.17) is 9.47 Å². The largest absolute Gasteiger partial charge is 0.454 e. The number of aryl methyl sites for hydroxylation is 1. The summed E-state index contributed by atoms with van der Waals surface area (Å²) >= 11 is 0. The zero-order valence-corrected chi connectivity index (χ0v) is 18.5. The fourth-order valence-corrected chi connectivity index (χ4v) is 4.69.